The molecule has 33 heavy (non-hydrogen) atoms. The maximum atomic E-state index is 12.6. The van der Waals surface area contributed by atoms with E-state index in [9.17, 15) is 19.7 Å². The van der Waals surface area contributed by atoms with Gasteiger partial charge in [-0.15, -0.1) is 11.8 Å². The van der Waals surface area contributed by atoms with E-state index >= 15 is 0 Å². The van der Waals surface area contributed by atoms with Gasteiger partial charge in [0.05, 0.1) is 10.7 Å². The Morgan fingerprint density at radius 1 is 1.00 bits per heavy atom. The number of nitrogens with one attached hydrogen (secondary N) is 1. The van der Waals surface area contributed by atoms with Crippen LogP contribution < -0.4 is 10.2 Å². The minimum atomic E-state index is -0.497. The number of carbonyl (C=O) groups excluding carboxylic acids is 2. The van der Waals surface area contributed by atoms with Crippen molar-refractivity contribution < 1.29 is 14.5 Å². The first-order chi connectivity index (χ1) is 15.7. The second-order valence-corrected chi connectivity index (χ2v) is 9.10. The summed E-state index contributed by atoms with van der Waals surface area (Å²) in [5.41, 5.74) is 5.32. The van der Waals surface area contributed by atoms with Crippen molar-refractivity contribution in [3.05, 3.63) is 98.6 Å². The summed E-state index contributed by atoms with van der Waals surface area (Å²) in [7, 11) is 0. The molecule has 1 aliphatic heterocycles. The van der Waals surface area contributed by atoms with Crippen LogP contribution >= 0.6 is 11.8 Å². The van der Waals surface area contributed by atoms with Crippen molar-refractivity contribution in [1.29, 1.82) is 0 Å². The van der Waals surface area contributed by atoms with Crippen LogP contribution in [0.5, 0.6) is 0 Å². The summed E-state index contributed by atoms with van der Waals surface area (Å²) in [6.45, 7) is 5.70. The fourth-order valence-corrected chi connectivity index (χ4v) is 4.88. The summed E-state index contributed by atoms with van der Waals surface area (Å²) in [6, 6.07) is 17.7. The van der Waals surface area contributed by atoms with Crippen molar-refractivity contribution in [2.45, 2.75) is 26.1 Å². The summed E-state index contributed by atoms with van der Waals surface area (Å²) in [5.74, 6) is 0.0436. The highest BCUT2D eigenvalue weighted by atomic mass is 32.2. The highest BCUT2D eigenvalue weighted by Crippen LogP contribution is 2.42. The Labute approximate surface area is 196 Å². The molecule has 0 saturated carbocycles. The van der Waals surface area contributed by atoms with Gasteiger partial charge in [0.2, 0.25) is 5.91 Å². The molecule has 7 nitrogen and oxygen atoms in total. The topological polar surface area (TPSA) is 92.6 Å². The van der Waals surface area contributed by atoms with Gasteiger partial charge in [-0.05, 0) is 67.8 Å². The molecule has 1 atom stereocenters. The number of carbonyl (C=O) groups is 2. The number of anilines is 2. The standard InChI is InChI=1S/C25H23N3O4S/c1-15-5-11-21(12-17(15)3)27-23(29)14-33-25(27)18-7-9-20(10-8-18)26-24(30)19-6-4-16(2)22(13-19)28(31)32/h4-13,25H,14H2,1-3H3,(H,26,30). The Bertz CT molecular complexity index is 1260. The lowest BCUT2D eigenvalue weighted by Gasteiger charge is -2.25. The average Bonchev–Trinajstić information content (AvgIpc) is 3.17. The third-order valence-corrected chi connectivity index (χ3v) is 6.97. The van der Waals surface area contributed by atoms with E-state index in [1.165, 1.54) is 11.6 Å². The van der Waals surface area contributed by atoms with Gasteiger partial charge in [-0.3, -0.25) is 24.6 Å². The number of hydrogen-bond acceptors (Lipinski definition) is 5. The van der Waals surface area contributed by atoms with Gasteiger partial charge < -0.3 is 5.32 Å². The zero-order chi connectivity index (χ0) is 23.7. The van der Waals surface area contributed by atoms with Gasteiger partial charge in [0.25, 0.3) is 11.6 Å². The molecule has 0 aromatic heterocycles. The third kappa shape index (κ3) is 4.61. The number of aryl methyl sites for hydroxylation is 3. The Morgan fingerprint density at radius 3 is 2.36 bits per heavy atom. The van der Waals surface area contributed by atoms with E-state index in [0.29, 0.717) is 17.0 Å². The first kappa shape index (κ1) is 22.5. The van der Waals surface area contributed by atoms with Crippen LogP contribution in [0.1, 0.15) is 38.0 Å². The molecule has 1 aliphatic rings. The minimum absolute atomic E-state index is 0.0617. The normalized spacial score (nSPS) is 15.5. The summed E-state index contributed by atoms with van der Waals surface area (Å²) in [6.07, 6.45) is 0. The van der Waals surface area contributed by atoms with Crippen molar-refractivity contribution in [3.8, 4) is 0 Å². The van der Waals surface area contributed by atoms with Crippen molar-refractivity contribution in [1.82, 2.24) is 0 Å². The molecule has 8 heteroatoms. The molecule has 168 valence electrons. The molecule has 1 fully saturated rings. The number of benzene rings is 3. The van der Waals surface area contributed by atoms with Gasteiger partial charge >= 0.3 is 0 Å². The molecule has 2 amide bonds. The van der Waals surface area contributed by atoms with Crippen LogP contribution in [0.2, 0.25) is 0 Å². The van der Waals surface area contributed by atoms with Crippen LogP contribution in [0.3, 0.4) is 0 Å². The molecule has 1 saturated heterocycles. The molecular weight excluding hydrogens is 438 g/mol. The minimum Gasteiger partial charge on any atom is -0.322 e. The van der Waals surface area contributed by atoms with E-state index in [1.54, 1.807) is 43.0 Å². The lowest BCUT2D eigenvalue weighted by atomic mass is 10.1. The van der Waals surface area contributed by atoms with Crippen molar-refractivity contribution >= 4 is 40.6 Å². The summed E-state index contributed by atoms with van der Waals surface area (Å²) < 4.78 is 0. The maximum Gasteiger partial charge on any atom is 0.273 e. The molecule has 1 heterocycles. The van der Waals surface area contributed by atoms with Crippen LogP contribution in [0.15, 0.2) is 60.7 Å². The predicted molar refractivity (Wildman–Crippen MR) is 131 cm³/mol. The van der Waals surface area contributed by atoms with Crippen LogP contribution in [-0.4, -0.2) is 22.5 Å². The smallest absolute Gasteiger partial charge is 0.273 e. The third-order valence-electron chi connectivity index (χ3n) is 5.76. The van der Waals surface area contributed by atoms with E-state index in [0.717, 1.165) is 16.8 Å². The highest BCUT2D eigenvalue weighted by Gasteiger charge is 2.34. The van der Waals surface area contributed by atoms with Gasteiger partial charge in [0.1, 0.15) is 5.37 Å². The average molecular weight is 462 g/mol. The highest BCUT2D eigenvalue weighted by molar-refractivity contribution is 8.00. The zero-order valence-corrected chi connectivity index (χ0v) is 19.3. The van der Waals surface area contributed by atoms with Crippen LogP contribution in [0.4, 0.5) is 17.1 Å². The molecule has 1 N–H and O–H groups in total. The second-order valence-electron chi connectivity index (χ2n) is 8.03. The summed E-state index contributed by atoms with van der Waals surface area (Å²) >= 11 is 1.56. The van der Waals surface area contributed by atoms with Gasteiger partial charge in [0, 0.05) is 28.6 Å². The number of nitro groups is 1. The summed E-state index contributed by atoms with van der Waals surface area (Å²) in [5, 5.41) is 13.8. The lowest BCUT2D eigenvalue weighted by Crippen LogP contribution is -2.27. The second kappa shape index (κ2) is 9.07. The van der Waals surface area contributed by atoms with Crippen LogP contribution in [0, 0.1) is 30.9 Å². The van der Waals surface area contributed by atoms with Crippen molar-refractivity contribution in [3.63, 3.8) is 0 Å². The molecule has 0 spiro atoms. The molecule has 0 aliphatic carbocycles. The van der Waals surface area contributed by atoms with Crippen LogP contribution in [0.25, 0.3) is 0 Å². The quantitative estimate of drug-likeness (QED) is 0.397. The summed E-state index contributed by atoms with van der Waals surface area (Å²) in [4.78, 5) is 37.7. The fourth-order valence-electron chi connectivity index (χ4n) is 3.71. The number of thioether (sulfide) groups is 1. The Balaban J connectivity index is 1.52. The van der Waals surface area contributed by atoms with E-state index in [-0.39, 0.29) is 22.5 Å². The number of amides is 2. The predicted octanol–water partition coefficient (Wildman–Crippen LogP) is 5.55. The van der Waals surface area contributed by atoms with Gasteiger partial charge in [-0.1, -0.05) is 24.3 Å². The van der Waals surface area contributed by atoms with E-state index < -0.39 is 10.8 Å². The van der Waals surface area contributed by atoms with E-state index in [1.807, 2.05) is 49.1 Å². The first-order valence-corrected chi connectivity index (χ1v) is 11.5. The van der Waals surface area contributed by atoms with Crippen molar-refractivity contribution in [2.75, 3.05) is 16.0 Å². The van der Waals surface area contributed by atoms with Crippen LogP contribution in [-0.2, 0) is 4.79 Å². The fraction of sp³-hybridized carbons (Fsp3) is 0.200. The Morgan fingerprint density at radius 2 is 1.70 bits per heavy atom. The molecule has 3 aromatic rings. The molecule has 0 bridgehead atoms. The lowest BCUT2D eigenvalue weighted by molar-refractivity contribution is -0.385. The Kier molecular flexibility index (Phi) is 6.20. The monoisotopic (exact) mass is 461 g/mol. The molecule has 3 aromatic carbocycles. The van der Waals surface area contributed by atoms with Crippen molar-refractivity contribution in [2.24, 2.45) is 0 Å². The number of nitrogens with zero attached hydrogens (tertiary/aromatic N) is 2. The Hall–Kier alpha value is -3.65. The van der Waals surface area contributed by atoms with Gasteiger partial charge in [-0.25, -0.2) is 0 Å². The molecule has 4 rings (SSSR count). The number of nitro benzene ring substituents is 1. The largest absolute Gasteiger partial charge is 0.322 e. The maximum absolute atomic E-state index is 12.6. The molecule has 0 radical (unpaired) electrons. The van der Waals surface area contributed by atoms with Gasteiger partial charge in [0.15, 0.2) is 0 Å². The number of hydrogen-bond donors (Lipinski definition) is 1. The number of rotatable bonds is 5. The zero-order valence-electron chi connectivity index (χ0n) is 18.5. The molecule has 1 unspecified atom stereocenters. The first-order valence-electron chi connectivity index (χ1n) is 10.4. The van der Waals surface area contributed by atoms with E-state index in [2.05, 4.69) is 5.32 Å². The van der Waals surface area contributed by atoms with E-state index in [4.69, 9.17) is 0 Å². The van der Waals surface area contributed by atoms with Gasteiger partial charge in [-0.2, -0.15) is 0 Å². The molecular formula is C25H23N3O4S. The SMILES string of the molecule is Cc1ccc(N2C(=O)CSC2c2ccc(NC(=O)c3ccc(C)c([N+](=O)[O-])c3)cc2)cc1C.